The molecule has 7 heteroatoms. The standard InChI is InChI=1S/C29H35BO6/c1-28(2)29(3,4)36-30(35-28)22-18-21(26-23(31-5)14-11-15-24(26)32-6)19-12-7-8-13-20(19)27(22)34-25-16-9-10-17-33-25/h7-8,11-15,18,25H,9-10,16-17H2,1-6H3. The fourth-order valence-corrected chi connectivity index (χ4v) is 4.91. The van der Waals surface area contributed by atoms with Crippen LogP contribution in [0, 0.1) is 0 Å². The van der Waals surface area contributed by atoms with Gasteiger partial charge in [0.05, 0.1) is 37.6 Å². The van der Waals surface area contributed by atoms with Gasteiger partial charge in [-0.15, -0.1) is 0 Å². The zero-order chi connectivity index (χ0) is 25.5. The van der Waals surface area contributed by atoms with E-state index < -0.39 is 18.3 Å². The summed E-state index contributed by atoms with van der Waals surface area (Å²) >= 11 is 0. The molecule has 2 aliphatic rings. The van der Waals surface area contributed by atoms with E-state index in [1.807, 2.05) is 30.3 Å². The van der Waals surface area contributed by atoms with Crippen molar-refractivity contribution in [2.75, 3.05) is 20.8 Å². The third-order valence-corrected chi connectivity index (χ3v) is 7.62. The van der Waals surface area contributed by atoms with E-state index in [0.29, 0.717) is 6.61 Å². The molecule has 2 aliphatic heterocycles. The molecule has 0 aliphatic carbocycles. The molecule has 0 amide bonds. The Kier molecular flexibility index (Phi) is 6.66. The summed E-state index contributed by atoms with van der Waals surface area (Å²) in [5.74, 6) is 2.18. The molecule has 1 atom stereocenters. The summed E-state index contributed by atoms with van der Waals surface area (Å²) < 4.78 is 37.2. The van der Waals surface area contributed by atoms with Crippen LogP contribution in [0.2, 0.25) is 0 Å². The Morgan fingerprint density at radius 3 is 2.06 bits per heavy atom. The second-order valence-electron chi connectivity index (χ2n) is 10.4. The summed E-state index contributed by atoms with van der Waals surface area (Å²) in [5.41, 5.74) is 1.66. The molecule has 0 N–H and O–H groups in total. The molecule has 5 rings (SSSR count). The Morgan fingerprint density at radius 1 is 0.833 bits per heavy atom. The summed E-state index contributed by atoms with van der Waals surface area (Å²) in [5, 5.41) is 1.98. The van der Waals surface area contributed by atoms with E-state index in [2.05, 4.69) is 45.9 Å². The second-order valence-corrected chi connectivity index (χ2v) is 10.4. The lowest BCUT2D eigenvalue weighted by atomic mass is 9.75. The molecule has 3 aromatic rings. The maximum absolute atomic E-state index is 6.61. The van der Waals surface area contributed by atoms with Gasteiger partial charge in [-0.25, -0.2) is 0 Å². The maximum atomic E-state index is 6.61. The first-order valence-corrected chi connectivity index (χ1v) is 12.7. The predicted octanol–water partition coefficient (Wildman–Crippen LogP) is 5.73. The molecule has 0 bridgehead atoms. The highest BCUT2D eigenvalue weighted by atomic mass is 16.7. The zero-order valence-electron chi connectivity index (χ0n) is 22.1. The highest BCUT2D eigenvalue weighted by molar-refractivity contribution is 6.64. The molecule has 2 heterocycles. The van der Waals surface area contributed by atoms with Crippen molar-refractivity contribution in [2.24, 2.45) is 0 Å². The molecule has 2 fully saturated rings. The lowest BCUT2D eigenvalue weighted by Crippen LogP contribution is -2.41. The summed E-state index contributed by atoms with van der Waals surface area (Å²) in [4.78, 5) is 0. The summed E-state index contributed by atoms with van der Waals surface area (Å²) in [6, 6.07) is 16.1. The molecule has 36 heavy (non-hydrogen) atoms. The Labute approximate surface area is 213 Å². The first-order valence-electron chi connectivity index (χ1n) is 12.7. The summed E-state index contributed by atoms with van der Waals surface area (Å²) in [7, 11) is 2.73. The lowest BCUT2D eigenvalue weighted by molar-refractivity contribution is -0.104. The van der Waals surface area contributed by atoms with Crippen molar-refractivity contribution in [1.29, 1.82) is 0 Å². The molecule has 190 valence electrons. The van der Waals surface area contributed by atoms with Crippen LogP contribution in [0.3, 0.4) is 0 Å². The first kappa shape index (κ1) is 24.9. The average Bonchev–Trinajstić information content (AvgIpc) is 3.10. The van der Waals surface area contributed by atoms with Crippen LogP contribution in [-0.2, 0) is 14.0 Å². The Morgan fingerprint density at radius 2 is 1.47 bits per heavy atom. The normalized spacial score (nSPS) is 20.9. The predicted molar refractivity (Wildman–Crippen MR) is 142 cm³/mol. The van der Waals surface area contributed by atoms with E-state index in [1.165, 1.54) is 0 Å². The van der Waals surface area contributed by atoms with Crippen molar-refractivity contribution in [3.8, 4) is 28.4 Å². The minimum atomic E-state index is -0.613. The van der Waals surface area contributed by atoms with Gasteiger partial charge in [0, 0.05) is 17.3 Å². The number of methoxy groups -OCH3 is 2. The largest absolute Gasteiger partial charge is 0.498 e. The van der Waals surface area contributed by atoms with Crippen molar-refractivity contribution in [3.05, 3.63) is 48.5 Å². The molecule has 0 saturated carbocycles. The number of rotatable bonds is 6. The SMILES string of the molecule is COc1cccc(OC)c1-c1cc(B2OC(C)(C)C(C)(C)O2)c(OC2CCCCO2)c2ccccc12. The van der Waals surface area contributed by atoms with E-state index >= 15 is 0 Å². The minimum Gasteiger partial charge on any atom is -0.496 e. The van der Waals surface area contributed by atoms with Crippen LogP contribution in [0.15, 0.2) is 48.5 Å². The zero-order valence-corrected chi connectivity index (χ0v) is 22.1. The van der Waals surface area contributed by atoms with Gasteiger partial charge < -0.3 is 28.3 Å². The van der Waals surface area contributed by atoms with Gasteiger partial charge in [-0.1, -0.05) is 30.3 Å². The molecule has 3 aromatic carbocycles. The second kappa shape index (κ2) is 9.62. The molecule has 0 spiro atoms. The van der Waals surface area contributed by atoms with Crippen molar-refractivity contribution in [2.45, 2.75) is 64.4 Å². The van der Waals surface area contributed by atoms with Crippen LogP contribution in [0.4, 0.5) is 0 Å². The summed E-state index contributed by atoms with van der Waals surface area (Å²) in [6.45, 7) is 8.93. The van der Waals surface area contributed by atoms with E-state index in [1.54, 1.807) is 14.2 Å². The lowest BCUT2D eigenvalue weighted by Gasteiger charge is -2.32. The third-order valence-electron chi connectivity index (χ3n) is 7.62. The van der Waals surface area contributed by atoms with Crippen molar-refractivity contribution in [1.82, 2.24) is 0 Å². The van der Waals surface area contributed by atoms with Gasteiger partial charge in [-0.2, -0.15) is 0 Å². The van der Waals surface area contributed by atoms with Gasteiger partial charge in [0.2, 0.25) is 0 Å². The number of fused-ring (bicyclic) bond motifs is 1. The molecule has 1 unspecified atom stereocenters. The van der Waals surface area contributed by atoms with E-state index in [-0.39, 0.29) is 6.29 Å². The van der Waals surface area contributed by atoms with E-state index in [4.69, 9.17) is 28.3 Å². The van der Waals surface area contributed by atoms with Crippen LogP contribution in [0.25, 0.3) is 21.9 Å². The smallest absolute Gasteiger partial charge is 0.496 e. The van der Waals surface area contributed by atoms with Crippen molar-refractivity contribution < 1.29 is 28.3 Å². The highest BCUT2D eigenvalue weighted by Crippen LogP contribution is 2.45. The van der Waals surface area contributed by atoms with Crippen LogP contribution >= 0.6 is 0 Å². The van der Waals surface area contributed by atoms with Gasteiger partial charge in [-0.3, -0.25) is 0 Å². The van der Waals surface area contributed by atoms with Crippen LogP contribution in [0.5, 0.6) is 17.2 Å². The monoisotopic (exact) mass is 490 g/mol. The number of hydrogen-bond acceptors (Lipinski definition) is 6. The number of hydrogen-bond donors (Lipinski definition) is 0. The Balaban J connectivity index is 1.77. The molecule has 0 radical (unpaired) electrons. The van der Waals surface area contributed by atoms with Crippen LogP contribution in [0.1, 0.15) is 47.0 Å². The average molecular weight is 490 g/mol. The Bertz CT molecular complexity index is 1210. The van der Waals surface area contributed by atoms with Crippen LogP contribution < -0.4 is 19.7 Å². The third kappa shape index (κ3) is 4.34. The molecule has 6 nitrogen and oxygen atoms in total. The van der Waals surface area contributed by atoms with Crippen LogP contribution in [-0.4, -0.2) is 45.4 Å². The van der Waals surface area contributed by atoms with Crippen molar-refractivity contribution in [3.63, 3.8) is 0 Å². The fourth-order valence-electron chi connectivity index (χ4n) is 4.91. The molecule has 2 saturated heterocycles. The first-order chi connectivity index (χ1) is 17.3. The minimum absolute atomic E-state index is 0.310. The van der Waals surface area contributed by atoms with E-state index in [9.17, 15) is 0 Å². The number of benzene rings is 3. The Hall–Kier alpha value is -2.74. The maximum Gasteiger partial charge on any atom is 0.498 e. The van der Waals surface area contributed by atoms with Gasteiger partial charge in [0.25, 0.3) is 0 Å². The number of ether oxygens (including phenoxy) is 4. The van der Waals surface area contributed by atoms with Gasteiger partial charge in [-0.05, 0) is 69.7 Å². The highest BCUT2D eigenvalue weighted by Gasteiger charge is 2.53. The van der Waals surface area contributed by atoms with E-state index in [0.717, 1.165) is 63.9 Å². The topological polar surface area (TPSA) is 55.4 Å². The quantitative estimate of drug-likeness (QED) is 0.412. The van der Waals surface area contributed by atoms with Gasteiger partial charge in [0.1, 0.15) is 17.2 Å². The van der Waals surface area contributed by atoms with Crippen molar-refractivity contribution >= 4 is 23.4 Å². The fraction of sp³-hybridized carbons (Fsp3) is 0.448. The van der Waals surface area contributed by atoms with Gasteiger partial charge >= 0.3 is 7.12 Å². The molecular formula is C29H35BO6. The van der Waals surface area contributed by atoms with Gasteiger partial charge in [0.15, 0.2) is 6.29 Å². The summed E-state index contributed by atoms with van der Waals surface area (Å²) in [6.07, 6.45) is 2.66. The molecule has 0 aromatic heterocycles. The molecular weight excluding hydrogens is 455 g/mol.